The molecule has 0 unspecified atom stereocenters. The predicted molar refractivity (Wildman–Crippen MR) is 104 cm³/mol. The van der Waals surface area contributed by atoms with Crippen LogP contribution in [0.1, 0.15) is 38.5 Å². The molecule has 0 N–H and O–H groups in total. The Hall–Kier alpha value is -3.48. The Morgan fingerprint density at radius 1 is 0.893 bits per heavy atom. The molecule has 1 aliphatic heterocycles. The molecule has 3 aromatic rings. The Morgan fingerprint density at radius 3 is 2.29 bits per heavy atom. The number of aryl methyl sites for hydroxylation is 1. The third-order valence-corrected chi connectivity index (χ3v) is 4.90. The van der Waals surface area contributed by atoms with Gasteiger partial charge in [-0.15, -0.1) is 0 Å². The third kappa shape index (κ3) is 3.15. The van der Waals surface area contributed by atoms with Crippen LogP contribution in [0, 0.1) is 13.8 Å². The maximum absolute atomic E-state index is 13.2. The minimum Gasteiger partial charge on any atom is -0.267 e. The van der Waals surface area contributed by atoms with Crippen LogP contribution in [0.25, 0.3) is 5.69 Å². The van der Waals surface area contributed by atoms with Crippen molar-refractivity contribution in [3.05, 3.63) is 77.4 Å². The van der Waals surface area contributed by atoms with Crippen LogP contribution in [0.4, 0.5) is 0 Å². The number of rotatable bonds is 3. The molecule has 1 fully saturated rings. The fraction of sp³-hybridized carbons (Fsp3) is 0.238. The van der Waals surface area contributed by atoms with Gasteiger partial charge >= 0.3 is 0 Å². The molecule has 1 saturated heterocycles. The van der Waals surface area contributed by atoms with Crippen LogP contribution in [0.3, 0.4) is 0 Å². The van der Waals surface area contributed by atoms with E-state index in [0.717, 1.165) is 23.5 Å². The summed E-state index contributed by atoms with van der Waals surface area (Å²) in [6.07, 6.45) is 3.86. The largest absolute Gasteiger partial charge is 0.275 e. The number of benzene rings is 1. The van der Waals surface area contributed by atoms with Crippen LogP contribution >= 0.6 is 0 Å². The van der Waals surface area contributed by atoms with Crippen molar-refractivity contribution < 1.29 is 9.59 Å². The Morgan fingerprint density at radius 2 is 1.61 bits per heavy atom. The third-order valence-electron chi connectivity index (χ3n) is 4.90. The number of hydrogen-bond acceptors (Lipinski definition) is 4. The van der Waals surface area contributed by atoms with Gasteiger partial charge in [-0.3, -0.25) is 14.6 Å². The van der Waals surface area contributed by atoms with Gasteiger partial charge in [0, 0.05) is 25.0 Å². The van der Waals surface area contributed by atoms with E-state index in [1.165, 1.54) is 10.0 Å². The summed E-state index contributed by atoms with van der Waals surface area (Å²) in [5.74, 6) is -0.433. The number of para-hydroxylation sites is 1. The highest BCUT2D eigenvalue weighted by atomic mass is 16.2. The van der Waals surface area contributed by atoms with Gasteiger partial charge in [0.25, 0.3) is 11.8 Å². The minimum atomic E-state index is -0.217. The number of nitrogens with zero attached hydrogens (tertiary/aromatic N) is 5. The smallest absolute Gasteiger partial charge is 0.267 e. The minimum absolute atomic E-state index is 0.216. The normalized spacial score (nSPS) is 13.8. The molecule has 7 nitrogen and oxygen atoms in total. The molecule has 1 aliphatic rings. The number of pyridine rings is 1. The van der Waals surface area contributed by atoms with E-state index in [4.69, 9.17) is 0 Å². The van der Waals surface area contributed by atoms with Crippen molar-refractivity contribution in [1.29, 1.82) is 0 Å². The monoisotopic (exact) mass is 375 g/mol. The van der Waals surface area contributed by atoms with E-state index in [9.17, 15) is 9.59 Å². The fourth-order valence-corrected chi connectivity index (χ4v) is 3.37. The number of hydrogen-bond donors (Lipinski definition) is 0. The van der Waals surface area contributed by atoms with Gasteiger partial charge in [-0.25, -0.2) is 14.7 Å². The Kier molecular flexibility index (Phi) is 4.65. The molecule has 2 aromatic heterocycles. The molecule has 3 heterocycles. The second-order valence-electron chi connectivity index (χ2n) is 6.79. The van der Waals surface area contributed by atoms with E-state index in [1.54, 1.807) is 29.2 Å². The van der Waals surface area contributed by atoms with E-state index in [1.807, 2.05) is 44.2 Å². The zero-order valence-electron chi connectivity index (χ0n) is 15.9. The first-order chi connectivity index (χ1) is 13.6. The van der Waals surface area contributed by atoms with E-state index in [0.29, 0.717) is 24.2 Å². The van der Waals surface area contributed by atoms with Crippen LogP contribution in [-0.2, 0) is 0 Å². The molecule has 142 valence electrons. The Balaban J connectivity index is 1.60. The second kappa shape index (κ2) is 7.26. The molecular formula is C21H21N5O2. The lowest BCUT2D eigenvalue weighted by molar-refractivity contribution is 0.0185. The average Bonchev–Trinajstić information content (AvgIpc) is 3.35. The van der Waals surface area contributed by atoms with Gasteiger partial charge < -0.3 is 0 Å². The second-order valence-corrected chi connectivity index (χ2v) is 6.79. The van der Waals surface area contributed by atoms with Crippen LogP contribution in [-0.4, -0.2) is 49.7 Å². The summed E-state index contributed by atoms with van der Waals surface area (Å²) in [6.45, 7) is 4.73. The van der Waals surface area contributed by atoms with E-state index >= 15 is 0 Å². The number of amides is 2. The molecule has 4 rings (SSSR count). The van der Waals surface area contributed by atoms with Crippen molar-refractivity contribution in [3.63, 3.8) is 0 Å². The highest BCUT2D eigenvalue weighted by molar-refractivity contribution is 5.99. The summed E-state index contributed by atoms with van der Waals surface area (Å²) in [6, 6.07) is 13.2. The molecule has 7 heteroatoms. The summed E-state index contributed by atoms with van der Waals surface area (Å²) in [5.41, 5.74) is 3.44. The van der Waals surface area contributed by atoms with Crippen molar-refractivity contribution in [2.45, 2.75) is 20.3 Å². The summed E-state index contributed by atoms with van der Waals surface area (Å²) < 4.78 is 1.74. The molecule has 0 bridgehead atoms. The molecule has 0 atom stereocenters. The van der Waals surface area contributed by atoms with Crippen LogP contribution in [0.2, 0.25) is 0 Å². The number of carbonyl (C=O) groups excluding carboxylic acids is 2. The molecule has 1 aromatic carbocycles. The zero-order chi connectivity index (χ0) is 19.7. The quantitative estimate of drug-likeness (QED) is 0.706. The van der Waals surface area contributed by atoms with Crippen molar-refractivity contribution in [2.24, 2.45) is 0 Å². The van der Waals surface area contributed by atoms with Gasteiger partial charge in [0.1, 0.15) is 0 Å². The molecule has 0 aliphatic carbocycles. The standard InChI is InChI=1S/C21H21N5O2/c1-15-9-10-17(13-22-15)20(27)24-11-6-12-25(24)21(28)19-14-23-26(16(19)2)18-7-4-3-5-8-18/h3-5,7-10,13-14H,6,11-12H2,1-2H3. The maximum Gasteiger partial charge on any atom is 0.275 e. The lowest BCUT2D eigenvalue weighted by atomic mass is 10.2. The summed E-state index contributed by atoms with van der Waals surface area (Å²) in [4.78, 5) is 30.2. The van der Waals surface area contributed by atoms with E-state index < -0.39 is 0 Å². The fourth-order valence-electron chi connectivity index (χ4n) is 3.37. The summed E-state index contributed by atoms with van der Waals surface area (Å²) in [5, 5.41) is 7.40. The first kappa shape index (κ1) is 17.9. The van der Waals surface area contributed by atoms with Crippen LogP contribution in [0.15, 0.2) is 54.9 Å². The SMILES string of the molecule is Cc1ccc(C(=O)N2CCCN2C(=O)c2cnn(-c3ccccc3)c2C)cn1. The lowest BCUT2D eigenvalue weighted by Crippen LogP contribution is -2.45. The molecule has 0 spiro atoms. The Bertz CT molecular complexity index is 1010. The van der Waals surface area contributed by atoms with Crippen molar-refractivity contribution in [3.8, 4) is 5.69 Å². The topological polar surface area (TPSA) is 71.3 Å². The molecule has 0 radical (unpaired) electrons. The van der Waals surface area contributed by atoms with Gasteiger partial charge in [0.15, 0.2) is 0 Å². The predicted octanol–water partition coefficient (Wildman–Crippen LogP) is 2.79. The summed E-state index contributed by atoms with van der Waals surface area (Å²) >= 11 is 0. The van der Waals surface area contributed by atoms with Crippen molar-refractivity contribution in [1.82, 2.24) is 24.8 Å². The summed E-state index contributed by atoms with van der Waals surface area (Å²) in [7, 11) is 0. The van der Waals surface area contributed by atoms with Gasteiger partial charge in [0.2, 0.25) is 0 Å². The number of carbonyl (C=O) groups is 2. The first-order valence-corrected chi connectivity index (χ1v) is 9.22. The van der Waals surface area contributed by atoms with Crippen LogP contribution in [0.5, 0.6) is 0 Å². The van der Waals surface area contributed by atoms with Gasteiger partial charge in [-0.05, 0) is 44.5 Å². The maximum atomic E-state index is 13.2. The zero-order valence-corrected chi connectivity index (χ0v) is 15.9. The molecular weight excluding hydrogens is 354 g/mol. The average molecular weight is 375 g/mol. The molecule has 28 heavy (non-hydrogen) atoms. The van der Waals surface area contributed by atoms with E-state index in [2.05, 4.69) is 10.1 Å². The first-order valence-electron chi connectivity index (χ1n) is 9.22. The Labute approximate surface area is 163 Å². The van der Waals surface area contributed by atoms with Crippen molar-refractivity contribution >= 4 is 11.8 Å². The molecule has 2 amide bonds. The number of hydrazine groups is 1. The number of aromatic nitrogens is 3. The van der Waals surface area contributed by atoms with E-state index in [-0.39, 0.29) is 11.8 Å². The van der Waals surface area contributed by atoms with Gasteiger partial charge in [-0.2, -0.15) is 5.10 Å². The van der Waals surface area contributed by atoms with Gasteiger partial charge in [0.05, 0.1) is 28.7 Å². The van der Waals surface area contributed by atoms with Gasteiger partial charge in [-0.1, -0.05) is 18.2 Å². The van der Waals surface area contributed by atoms with Crippen LogP contribution < -0.4 is 0 Å². The van der Waals surface area contributed by atoms with Crippen molar-refractivity contribution in [2.75, 3.05) is 13.1 Å². The highest BCUT2D eigenvalue weighted by Gasteiger charge is 2.33. The lowest BCUT2D eigenvalue weighted by Gasteiger charge is -2.27. The molecule has 0 saturated carbocycles. The highest BCUT2D eigenvalue weighted by Crippen LogP contribution is 2.21.